The van der Waals surface area contributed by atoms with Crippen LogP contribution in [0.4, 0.5) is 5.13 Å². The molecule has 6 nitrogen and oxygen atoms in total. The number of piperazine rings is 1. The lowest BCUT2D eigenvalue weighted by atomic mass is 9.88. The fourth-order valence-electron chi connectivity index (χ4n) is 3.19. The van der Waals surface area contributed by atoms with Crippen LogP contribution in [0.3, 0.4) is 0 Å². The minimum atomic E-state index is -0.839. The van der Waals surface area contributed by atoms with Gasteiger partial charge in [0.2, 0.25) is 11.0 Å². The quantitative estimate of drug-likeness (QED) is 0.824. The van der Waals surface area contributed by atoms with Crippen molar-refractivity contribution in [3.8, 4) is 0 Å². The Bertz CT molecular complexity index is 506. The number of nitrogens with zero attached hydrogens (tertiary/aromatic N) is 4. The molecule has 1 aromatic heterocycles. The Morgan fingerprint density at radius 3 is 2.30 bits per heavy atom. The molecular weight excluding hydrogens is 312 g/mol. The van der Waals surface area contributed by atoms with E-state index in [9.17, 15) is 9.90 Å². The van der Waals surface area contributed by atoms with Crippen molar-refractivity contribution in [2.45, 2.75) is 58.5 Å². The van der Waals surface area contributed by atoms with Gasteiger partial charge in [0.1, 0.15) is 5.82 Å². The molecule has 0 atom stereocenters. The molecule has 23 heavy (non-hydrogen) atoms. The molecule has 7 heteroatoms. The van der Waals surface area contributed by atoms with Gasteiger partial charge in [-0.3, -0.25) is 4.79 Å². The Kier molecular flexibility index (Phi) is 6.35. The van der Waals surface area contributed by atoms with Crippen LogP contribution < -0.4 is 4.90 Å². The first-order valence-corrected chi connectivity index (χ1v) is 9.30. The van der Waals surface area contributed by atoms with Crippen LogP contribution >= 0.6 is 11.5 Å². The van der Waals surface area contributed by atoms with E-state index in [1.807, 2.05) is 25.7 Å². The van der Waals surface area contributed by atoms with Gasteiger partial charge >= 0.3 is 0 Å². The average Bonchev–Trinajstić information content (AvgIpc) is 2.94. The molecule has 0 saturated carbocycles. The number of rotatable bonds is 7. The molecule has 130 valence electrons. The molecule has 1 aliphatic rings. The second kappa shape index (κ2) is 8.06. The van der Waals surface area contributed by atoms with Crippen molar-refractivity contribution in [3.05, 3.63) is 5.82 Å². The van der Waals surface area contributed by atoms with Crippen LogP contribution in [0.1, 0.15) is 51.8 Å². The molecule has 1 saturated heterocycles. The molecule has 1 aliphatic heterocycles. The number of carbonyl (C=O) groups is 1. The van der Waals surface area contributed by atoms with Gasteiger partial charge in [-0.05, 0) is 19.8 Å². The number of aryl methyl sites for hydroxylation is 1. The van der Waals surface area contributed by atoms with Gasteiger partial charge in [0.15, 0.2) is 0 Å². The highest BCUT2D eigenvalue weighted by atomic mass is 32.1. The maximum absolute atomic E-state index is 12.5. The summed E-state index contributed by atoms with van der Waals surface area (Å²) >= 11 is 1.41. The Morgan fingerprint density at radius 2 is 1.83 bits per heavy atom. The standard InChI is InChI=1S/C16H28N4O2S/c1-4-6-16(22,7-5-2)12-14(21)19-8-10-20(11-9-19)15-17-13(3)18-23-15/h22H,4-12H2,1-3H3. The van der Waals surface area contributed by atoms with Crippen molar-refractivity contribution in [1.29, 1.82) is 0 Å². The lowest BCUT2D eigenvalue weighted by Crippen LogP contribution is -2.50. The van der Waals surface area contributed by atoms with Crippen LogP contribution in [0.25, 0.3) is 0 Å². The van der Waals surface area contributed by atoms with Crippen LogP contribution in [-0.2, 0) is 4.79 Å². The summed E-state index contributed by atoms with van der Waals surface area (Å²) < 4.78 is 4.21. The minimum absolute atomic E-state index is 0.0718. The Hall–Kier alpha value is -1.21. The number of anilines is 1. The third-order valence-electron chi connectivity index (χ3n) is 4.33. The topological polar surface area (TPSA) is 69.6 Å². The Morgan fingerprint density at radius 1 is 1.22 bits per heavy atom. The van der Waals surface area contributed by atoms with Crippen LogP contribution in [0.5, 0.6) is 0 Å². The van der Waals surface area contributed by atoms with Gasteiger partial charge in [0, 0.05) is 37.7 Å². The maximum atomic E-state index is 12.5. The summed E-state index contributed by atoms with van der Waals surface area (Å²) in [5.74, 6) is 0.871. The first-order valence-electron chi connectivity index (χ1n) is 8.53. The molecule has 0 radical (unpaired) electrons. The van der Waals surface area contributed by atoms with E-state index in [1.165, 1.54) is 11.5 Å². The predicted molar refractivity (Wildman–Crippen MR) is 92.8 cm³/mol. The summed E-state index contributed by atoms with van der Waals surface area (Å²) in [6.07, 6.45) is 3.42. The van der Waals surface area contributed by atoms with Gasteiger partial charge in [0.05, 0.1) is 12.0 Å². The first kappa shape index (κ1) is 18.1. The van der Waals surface area contributed by atoms with Gasteiger partial charge < -0.3 is 14.9 Å². The smallest absolute Gasteiger partial charge is 0.225 e. The van der Waals surface area contributed by atoms with Crippen molar-refractivity contribution in [3.63, 3.8) is 0 Å². The molecule has 1 aromatic rings. The van der Waals surface area contributed by atoms with E-state index in [2.05, 4.69) is 14.3 Å². The number of amides is 1. The molecule has 1 N–H and O–H groups in total. The molecule has 0 aromatic carbocycles. The highest BCUT2D eigenvalue weighted by Gasteiger charge is 2.31. The molecule has 0 aliphatic carbocycles. The van der Waals surface area contributed by atoms with Gasteiger partial charge in [0.25, 0.3) is 0 Å². The van der Waals surface area contributed by atoms with E-state index >= 15 is 0 Å². The number of carbonyl (C=O) groups excluding carboxylic acids is 1. The monoisotopic (exact) mass is 340 g/mol. The van der Waals surface area contributed by atoms with Gasteiger partial charge in [-0.15, -0.1) is 0 Å². The summed E-state index contributed by atoms with van der Waals surface area (Å²) in [6.45, 7) is 8.92. The largest absolute Gasteiger partial charge is 0.389 e. The Balaban J connectivity index is 1.87. The number of aromatic nitrogens is 2. The minimum Gasteiger partial charge on any atom is -0.389 e. The van der Waals surface area contributed by atoms with Crippen LogP contribution in [0.15, 0.2) is 0 Å². The second-order valence-electron chi connectivity index (χ2n) is 6.39. The van der Waals surface area contributed by atoms with Crippen molar-refractivity contribution < 1.29 is 9.90 Å². The summed E-state index contributed by atoms with van der Waals surface area (Å²) in [5, 5.41) is 11.6. The maximum Gasteiger partial charge on any atom is 0.225 e. The lowest BCUT2D eigenvalue weighted by molar-refractivity contribution is -0.137. The highest BCUT2D eigenvalue weighted by Crippen LogP contribution is 2.25. The SMILES string of the molecule is CCCC(O)(CCC)CC(=O)N1CCN(c2nc(C)ns2)CC1. The number of hydrogen-bond acceptors (Lipinski definition) is 6. The summed E-state index contributed by atoms with van der Waals surface area (Å²) in [7, 11) is 0. The molecular formula is C16H28N4O2S. The predicted octanol–water partition coefficient (Wildman–Crippen LogP) is 2.22. The van der Waals surface area contributed by atoms with Crippen molar-refractivity contribution in [2.75, 3.05) is 31.1 Å². The van der Waals surface area contributed by atoms with Crippen LogP contribution in [-0.4, -0.2) is 57.1 Å². The van der Waals surface area contributed by atoms with Gasteiger partial charge in [-0.2, -0.15) is 4.37 Å². The van der Waals surface area contributed by atoms with Crippen molar-refractivity contribution >= 4 is 22.6 Å². The van der Waals surface area contributed by atoms with Gasteiger partial charge in [-0.25, -0.2) is 4.98 Å². The molecule has 2 rings (SSSR count). The average molecular weight is 340 g/mol. The summed E-state index contributed by atoms with van der Waals surface area (Å²) in [6, 6.07) is 0. The number of hydrogen-bond donors (Lipinski definition) is 1. The molecule has 1 fully saturated rings. The van der Waals surface area contributed by atoms with E-state index in [4.69, 9.17) is 0 Å². The molecule has 0 bridgehead atoms. The van der Waals surface area contributed by atoms with E-state index < -0.39 is 5.60 Å². The van der Waals surface area contributed by atoms with E-state index in [-0.39, 0.29) is 12.3 Å². The number of aliphatic hydroxyl groups is 1. The fourth-order valence-corrected chi connectivity index (χ4v) is 3.91. The molecule has 0 spiro atoms. The van der Waals surface area contributed by atoms with Crippen LogP contribution in [0, 0.1) is 6.92 Å². The molecule has 0 unspecified atom stereocenters. The normalized spacial score (nSPS) is 16.0. The van der Waals surface area contributed by atoms with Crippen LogP contribution in [0.2, 0.25) is 0 Å². The van der Waals surface area contributed by atoms with E-state index in [1.54, 1.807) is 0 Å². The summed E-state index contributed by atoms with van der Waals surface area (Å²) in [5.41, 5.74) is -0.839. The zero-order chi connectivity index (χ0) is 16.9. The zero-order valence-corrected chi connectivity index (χ0v) is 15.2. The van der Waals surface area contributed by atoms with E-state index in [0.29, 0.717) is 25.9 Å². The highest BCUT2D eigenvalue weighted by molar-refractivity contribution is 7.09. The van der Waals surface area contributed by atoms with Crippen molar-refractivity contribution in [2.24, 2.45) is 0 Å². The Labute approximate surface area is 142 Å². The lowest BCUT2D eigenvalue weighted by Gasteiger charge is -2.36. The van der Waals surface area contributed by atoms with Crippen molar-refractivity contribution in [1.82, 2.24) is 14.3 Å². The third kappa shape index (κ3) is 4.88. The summed E-state index contributed by atoms with van der Waals surface area (Å²) in [4.78, 5) is 21.0. The van der Waals surface area contributed by atoms with Gasteiger partial charge in [-0.1, -0.05) is 26.7 Å². The van der Waals surface area contributed by atoms with E-state index in [0.717, 1.165) is 36.9 Å². The third-order valence-corrected chi connectivity index (χ3v) is 5.20. The molecule has 2 heterocycles. The fraction of sp³-hybridized carbons (Fsp3) is 0.812. The zero-order valence-electron chi connectivity index (χ0n) is 14.4. The molecule has 1 amide bonds. The second-order valence-corrected chi connectivity index (χ2v) is 7.12. The first-order chi connectivity index (χ1) is 11.0.